The molecule has 1 aromatic heterocycles. The van der Waals surface area contributed by atoms with Gasteiger partial charge in [-0.2, -0.15) is 4.98 Å². The zero-order valence-corrected chi connectivity index (χ0v) is 13.7. The smallest absolute Gasteiger partial charge is 0.318 e. The summed E-state index contributed by atoms with van der Waals surface area (Å²) in [4.78, 5) is 20.5. The second-order valence-electron chi connectivity index (χ2n) is 6.08. The van der Waals surface area contributed by atoms with Crippen molar-refractivity contribution in [2.24, 2.45) is 0 Å². The van der Waals surface area contributed by atoms with Crippen molar-refractivity contribution in [1.82, 2.24) is 25.4 Å². The van der Waals surface area contributed by atoms with E-state index in [2.05, 4.69) is 39.6 Å². The van der Waals surface area contributed by atoms with Crippen LogP contribution in [0.2, 0.25) is 0 Å². The molecular weight excluding hydrogens is 292 g/mol. The molecule has 0 saturated heterocycles. The molecule has 1 aromatic carbocycles. The Hall–Kier alpha value is -2.57. The number of urea groups is 1. The van der Waals surface area contributed by atoms with E-state index in [-0.39, 0.29) is 12.1 Å². The van der Waals surface area contributed by atoms with Crippen LogP contribution in [0.3, 0.4) is 0 Å². The van der Waals surface area contributed by atoms with Crippen LogP contribution >= 0.6 is 0 Å². The van der Waals surface area contributed by atoms with Crippen molar-refractivity contribution in [2.75, 3.05) is 19.0 Å². The highest BCUT2D eigenvalue weighted by Gasteiger charge is 2.26. The number of anilines is 1. The van der Waals surface area contributed by atoms with E-state index in [0.29, 0.717) is 24.9 Å². The molecule has 0 fully saturated rings. The maximum Gasteiger partial charge on any atom is 0.318 e. The fraction of sp³-hybridized carbons (Fsp3) is 0.438. The molecule has 122 valence electrons. The quantitative estimate of drug-likeness (QED) is 0.900. The van der Waals surface area contributed by atoms with Crippen LogP contribution in [0, 0.1) is 0 Å². The first-order valence-electron chi connectivity index (χ1n) is 7.74. The van der Waals surface area contributed by atoms with Crippen LogP contribution in [0.5, 0.6) is 0 Å². The Bertz CT molecular complexity index is 695. The van der Waals surface area contributed by atoms with Crippen molar-refractivity contribution >= 4 is 12.0 Å². The number of fused-ring (bicyclic) bond motifs is 1. The average Bonchev–Trinajstić information content (AvgIpc) is 3.01. The van der Waals surface area contributed by atoms with Gasteiger partial charge in [0.05, 0.1) is 6.54 Å². The van der Waals surface area contributed by atoms with Crippen LogP contribution in [0.1, 0.15) is 23.9 Å². The Kier molecular flexibility index (Phi) is 4.18. The second kappa shape index (κ2) is 6.28. The molecule has 0 radical (unpaired) electrons. The molecule has 2 heterocycles. The number of aromatic nitrogens is 3. The Balaban J connectivity index is 1.62. The molecule has 1 atom stereocenters. The van der Waals surface area contributed by atoms with Gasteiger partial charge in [0, 0.05) is 26.7 Å². The molecule has 7 heteroatoms. The van der Waals surface area contributed by atoms with Gasteiger partial charge in [-0.25, -0.2) is 4.79 Å². The fourth-order valence-corrected chi connectivity index (χ4v) is 2.78. The third-order valence-electron chi connectivity index (χ3n) is 4.09. The normalized spacial score (nSPS) is 16.8. The summed E-state index contributed by atoms with van der Waals surface area (Å²) < 4.78 is 0. The van der Waals surface area contributed by atoms with Crippen LogP contribution in [-0.4, -0.2) is 46.2 Å². The lowest BCUT2D eigenvalue weighted by Crippen LogP contribution is -2.47. The molecular formula is C16H22N6O. The molecule has 7 nitrogen and oxygen atoms in total. The molecule has 1 aliphatic heterocycles. The van der Waals surface area contributed by atoms with Gasteiger partial charge in [-0.05, 0) is 24.5 Å². The van der Waals surface area contributed by atoms with Crippen molar-refractivity contribution in [3.8, 4) is 0 Å². The summed E-state index contributed by atoms with van der Waals surface area (Å²) in [6.07, 6.45) is 0.886. The van der Waals surface area contributed by atoms with Crippen molar-refractivity contribution in [3.05, 3.63) is 41.2 Å². The van der Waals surface area contributed by atoms with E-state index in [1.54, 1.807) is 0 Å². The van der Waals surface area contributed by atoms with Crippen molar-refractivity contribution in [1.29, 1.82) is 0 Å². The third-order valence-corrected chi connectivity index (χ3v) is 4.09. The molecule has 1 unspecified atom stereocenters. The first kappa shape index (κ1) is 15.3. The number of H-pyrrole nitrogens is 1. The summed E-state index contributed by atoms with van der Waals surface area (Å²) in [5.41, 5.74) is 2.55. The molecule has 2 aromatic rings. The third kappa shape index (κ3) is 3.28. The van der Waals surface area contributed by atoms with Gasteiger partial charge >= 0.3 is 6.03 Å². The Morgan fingerprint density at radius 2 is 2.13 bits per heavy atom. The number of aromatic amines is 1. The highest BCUT2D eigenvalue weighted by molar-refractivity contribution is 5.74. The fourth-order valence-electron chi connectivity index (χ4n) is 2.78. The number of amides is 2. The lowest BCUT2D eigenvalue weighted by molar-refractivity contribution is 0.168. The van der Waals surface area contributed by atoms with Gasteiger partial charge in [-0.3, -0.25) is 5.10 Å². The van der Waals surface area contributed by atoms with E-state index >= 15 is 0 Å². The number of nitrogens with one attached hydrogen (secondary N) is 2. The first-order chi connectivity index (χ1) is 11.0. The topological polar surface area (TPSA) is 77.2 Å². The minimum Gasteiger partial charge on any atom is -0.346 e. The van der Waals surface area contributed by atoms with Gasteiger partial charge in [0.15, 0.2) is 0 Å². The zero-order chi connectivity index (χ0) is 16.4. The minimum absolute atomic E-state index is 0.0743. The van der Waals surface area contributed by atoms with Gasteiger partial charge in [-0.1, -0.05) is 24.3 Å². The van der Waals surface area contributed by atoms with E-state index in [9.17, 15) is 4.79 Å². The number of hydrogen-bond donors (Lipinski definition) is 2. The molecule has 0 spiro atoms. The van der Waals surface area contributed by atoms with Gasteiger partial charge in [0.2, 0.25) is 5.95 Å². The highest BCUT2D eigenvalue weighted by atomic mass is 16.2. The van der Waals surface area contributed by atoms with Crippen LogP contribution in [-0.2, 0) is 19.5 Å². The van der Waals surface area contributed by atoms with E-state index in [0.717, 1.165) is 6.42 Å². The maximum atomic E-state index is 12.5. The number of carbonyl (C=O) groups is 1. The van der Waals surface area contributed by atoms with E-state index in [1.807, 2.05) is 36.0 Å². The molecule has 3 rings (SSSR count). The molecule has 23 heavy (non-hydrogen) atoms. The van der Waals surface area contributed by atoms with E-state index < -0.39 is 0 Å². The van der Waals surface area contributed by atoms with Crippen molar-refractivity contribution in [2.45, 2.75) is 32.5 Å². The van der Waals surface area contributed by atoms with E-state index in [1.165, 1.54) is 11.1 Å². The summed E-state index contributed by atoms with van der Waals surface area (Å²) in [7, 11) is 3.75. The SMILES string of the molecule is CC1Cc2ccccc2CN1C(=O)NCc1nc(N(C)C)n[nH]1. The summed E-state index contributed by atoms with van der Waals surface area (Å²) in [5, 5.41) is 9.83. The Labute approximate surface area is 135 Å². The Morgan fingerprint density at radius 1 is 1.39 bits per heavy atom. The van der Waals surface area contributed by atoms with E-state index in [4.69, 9.17) is 0 Å². The lowest BCUT2D eigenvalue weighted by Gasteiger charge is -2.34. The second-order valence-corrected chi connectivity index (χ2v) is 6.08. The van der Waals surface area contributed by atoms with Crippen molar-refractivity contribution in [3.63, 3.8) is 0 Å². The van der Waals surface area contributed by atoms with Gasteiger partial charge in [-0.15, -0.1) is 5.10 Å². The highest BCUT2D eigenvalue weighted by Crippen LogP contribution is 2.22. The largest absolute Gasteiger partial charge is 0.346 e. The van der Waals surface area contributed by atoms with Gasteiger partial charge in [0.1, 0.15) is 5.82 Å². The number of benzene rings is 1. The number of nitrogens with zero attached hydrogens (tertiary/aromatic N) is 4. The lowest BCUT2D eigenvalue weighted by atomic mass is 9.95. The summed E-state index contributed by atoms with van der Waals surface area (Å²) in [5.74, 6) is 1.25. The van der Waals surface area contributed by atoms with Crippen LogP contribution < -0.4 is 10.2 Å². The number of carbonyl (C=O) groups excluding carboxylic acids is 1. The Morgan fingerprint density at radius 3 is 2.83 bits per heavy atom. The monoisotopic (exact) mass is 314 g/mol. The standard InChI is InChI=1S/C16H22N6O/c1-11-8-12-6-4-5-7-13(12)10-22(11)16(23)17-9-14-18-15(20-19-14)21(2)3/h4-7,11H,8-10H2,1-3H3,(H,17,23)(H,18,19,20). The molecule has 0 saturated carbocycles. The predicted octanol–water partition coefficient (Wildman–Crippen LogP) is 1.53. The molecule has 1 aliphatic rings. The number of hydrogen-bond acceptors (Lipinski definition) is 4. The average molecular weight is 314 g/mol. The summed E-state index contributed by atoms with van der Waals surface area (Å²) in [6, 6.07) is 8.39. The first-order valence-corrected chi connectivity index (χ1v) is 7.74. The summed E-state index contributed by atoms with van der Waals surface area (Å²) >= 11 is 0. The van der Waals surface area contributed by atoms with Crippen LogP contribution in [0.15, 0.2) is 24.3 Å². The number of rotatable bonds is 3. The molecule has 0 bridgehead atoms. The predicted molar refractivity (Wildman–Crippen MR) is 88.1 cm³/mol. The molecule has 2 amide bonds. The summed E-state index contributed by atoms with van der Waals surface area (Å²) in [6.45, 7) is 3.06. The molecule has 0 aliphatic carbocycles. The zero-order valence-electron chi connectivity index (χ0n) is 13.7. The van der Waals surface area contributed by atoms with Crippen LogP contribution in [0.25, 0.3) is 0 Å². The maximum absolute atomic E-state index is 12.5. The molecule has 2 N–H and O–H groups in total. The van der Waals surface area contributed by atoms with Crippen LogP contribution in [0.4, 0.5) is 10.7 Å². The van der Waals surface area contributed by atoms with Gasteiger partial charge < -0.3 is 15.1 Å². The van der Waals surface area contributed by atoms with Crippen molar-refractivity contribution < 1.29 is 4.79 Å². The minimum atomic E-state index is -0.0743. The van der Waals surface area contributed by atoms with Gasteiger partial charge in [0.25, 0.3) is 0 Å².